The van der Waals surface area contributed by atoms with Gasteiger partial charge in [0.25, 0.3) is 0 Å². The smallest absolute Gasteiger partial charge is 0.146 e. The summed E-state index contributed by atoms with van der Waals surface area (Å²) in [5.74, 6) is 0.695. The van der Waals surface area contributed by atoms with Crippen molar-refractivity contribution in [2.75, 3.05) is 0 Å². The summed E-state index contributed by atoms with van der Waals surface area (Å²) in [6.45, 7) is 1.95. The first-order valence-electron chi connectivity index (χ1n) is 5.39. The summed E-state index contributed by atoms with van der Waals surface area (Å²) in [6.07, 6.45) is 0. The first-order valence-corrected chi connectivity index (χ1v) is 6.89. The van der Waals surface area contributed by atoms with Gasteiger partial charge in [-0.2, -0.15) is 0 Å². The predicted octanol–water partition coefficient (Wildman–Crippen LogP) is 5.47. The summed E-state index contributed by atoms with van der Waals surface area (Å²) >= 11 is 9.33. The Morgan fingerprint density at radius 1 is 1.22 bits per heavy atom. The molecule has 0 N–H and O–H groups in total. The Hall–Kier alpha value is -1.06. The normalized spacial score (nSPS) is 10.4. The molecule has 4 heteroatoms. The van der Waals surface area contributed by atoms with Crippen molar-refractivity contribution >= 4 is 27.5 Å². The van der Waals surface area contributed by atoms with E-state index in [4.69, 9.17) is 16.3 Å². The van der Waals surface area contributed by atoms with Gasteiger partial charge >= 0.3 is 0 Å². The van der Waals surface area contributed by atoms with Gasteiger partial charge < -0.3 is 4.74 Å². The van der Waals surface area contributed by atoms with Crippen molar-refractivity contribution in [3.63, 3.8) is 0 Å². The van der Waals surface area contributed by atoms with Crippen molar-refractivity contribution in [3.05, 3.63) is 58.4 Å². The van der Waals surface area contributed by atoms with Crippen molar-refractivity contribution in [1.29, 1.82) is 0 Å². The fourth-order valence-corrected chi connectivity index (χ4v) is 2.39. The van der Waals surface area contributed by atoms with E-state index in [1.165, 1.54) is 6.07 Å². The molecule has 0 saturated carbocycles. The Bertz CT molecular complexity index is 572. The van der Waals surface area contributed by atoms with E-state index in [9.17, 15) is 4.39 Å². The molecule has 0 saturated heterocycles. The molecule has 0 heterocycles. The minimum atomic E-state index is -0.299. The van der Waals surface area contributed by atoms with Gasteiger partial charge in [-0.15, -0.1) is 0 Å². The molecule has 94 valence electrons. The number of alkyl halides is 1. The molecule has 2 rings (SSSR count). The molecule has 0 radical (unpaired) electrons. The highest BCUT2D eigenvalue weighted by atomic mass is 79.9. The number of aryl methyl sites for hydroxylation is 1. The van der Waals surface area contributed by atoms with Crippen LogP contribution >= 0.6 is 27.5 Å². The number of hydrogen-bond acceptors (Lipinski definition) is 1. The zero-order valence-corrected chi connectivity index (χ0v) is 12.1. The highest BCUT2D eigenvalue weighted by Gasteiger charge is 2.10. The van der Waals surface area contributed by atoms with Gasteiger partial charge in [-0.1, -0.05) is 39.7 Å². The molecular formula is C14H11BrClFO. The summed E-state index contributed by atoms with van der Waals surface area (Å²) in [5.41, 5.74) is 1.53. The molecule has 2 aromatic carbocycles. The van der Waals surface area contributed by atoms with Crippen molar-refractivity contribution in [2.24, 2.45) is 0 Å². The lowest BCUT2D eigenvalue weighted by molar-refractivity contribution is 0.471. The Morgan fingerprint density at radius 2 is 2.00 bits per heavy atom. The third-order valence-electron chi connectivity index (χ3n) is 2.52. The fourth-order valence-electron chi connectivity index (χ4n) is 1.57. The van der Waals surface area contributed by atoms with E-state index in [0.717, 1.165) is 5.56 Å². The fraction of sp³-hybridized carbons (Fsp3) is 0.143. The van der Waals surface area contributed by atoms with Gasteiger partial charge in [0.05, 0.1) is 5.02 Å². The molecule has 0 amide bonds. The molecule has 0 atom stereocenters. The van der Waals surface area contributed by atoms with Crippen molar-refractivity contribution in [2.45, 2.75) is 12.3 Å². The molecule has 2 aromatic rings. The maximum absolute atomic E-state index is 13.6. The summed E-state index contributed by atoms with van der Waals surface area (Å²) in [7, 11) is 0. The Kier molecular flexibility index (Phi) is 4.25. The van der Waals surface area contributed by atoms with Crippen molar-refractivity contribution < 1.29 is 9.13 Å². The third-order valence-corrected chi connectivity index (χ3v) is 3.37. The monoisotopic (exact) mass is 328 g/mol. The zero-order valence-electron chi connectivity index (χ0n) is 9.71. The molecule has 0 aliphatic heterocycles. The Balaban J connectivity index is 2.37. The van der Waals surface area contributed by atoms with Gasteiger partial charge in [0.1, 0.15) is 17.3 Å². The van der Waals surface area contributed by atoms with E-state index >= 15 is 0 Å². The first kappa shape index (κ1) is 13.4. The maximum atomic E-state index is 13.6. The first-order chi connectivity index (χ1) is 8.61. The van der Waals surface area contributed by atoms with E-state index in [1.807, 2.05) is 19.1 Å². The molecule has 0 aromatic heterocycles. The molecule has 1 nitrogen and oxygen atoms in total. The number of ether oxygens (including phenoxy) is 1. The summed E-state index contributed by atoms with van der Waals surface area (Å²) in [6, 6.07) is 10.2. The Morgan fingerprint density at radius 3 is 2.67 bits per heavy atom. The van der Waals surface area contributed by atoms with Gasteiger partial charge in [0, 0.05) is 10.9 Å². The molecule has 0 bridgehead atoms. The minimum Gasteiger partial charge on any atom is -0.455 e. The van der Waals surface area contributed by atoms with Crippen LogP contribution in [0.2, 0.25) is 5.02 Å². The zero-order chi connectivity index (χ0) is 13.1. The minimum absolute atomic E-state index is 0.299. The number of hydrogen-bond donors (Lipinski definition) is 0. The van der Waals surface area contributed by atoms with Gasteiger partial charge in [-0.05, 0) is 36.8 Å². The van der Waals surface area contributed by atoms with Crippen LogP contribution in [0.25, 0.3) is 0 Å². The molecule has 0 unspecified atom stereocenters. The van der Waals surface area contributed by atoms with Crippen LogP contribution in [0.15, 0.2) is 36.4 Å². The number of rotatable bonds is 3. The third kappa shape index (κ3) is 2.85. The standard InChI is InChI=1S/C14H11BrClFO/c1-9-5-6-14(11(16)7-9)18-13-4-2-3-12(17)10(13)8-15/h2-7H,8H2,1H3. The van der Waals surface area contributed by atoms with Crippen molar-refractivity contribution in [3.8, 4) is 11.5 Å². The van der Waals surface area contributed by atoms with Crippen LogP contribution in [0.1, 0.15) is 11.1 Å². The molecule has 0 fully saturated rings. The summed E-state index contributed by atoms with van der Waals surface area (Å²) < 4.78 is 19.2. The van der Waals surface area contributed by atoms with E-state index in [0.29, 0.717) is 27.4 Å². The second kappa shape index (κ2) is 5.72. The van der Waals surface area contributed by atoms with Crippen LogP contribution in [-0.2, 0) is 5.33 Å². The van der Waals surface area contributed by atoms with Crippen LogP contribution < -0.4 is 4.74 Å². The number of halogens is 3. The van der Waals surface area contributed by atoms with Gasteiger partial charge in [-0.3, -0.25) is 0 Å². The van der Waals surface area contributed by atoms with E-state index in [-0.39, 0.29) is 5.82 Å². The molecular weight excluding hydrogens is 319 g/mol. The van der Waals surface area contributed by atoms with E-state index in [1.54, 1.807) is 18.2 Å². The van der Waals surface area contributed by atoms with Gasteiger partial charge in [0.15, 0.2) is 0 Å². The van der Waals surface area contributed by atoms with Crippen LogP contribution in [0, 0.1) is 12.7 Å². The molecule has 0 spiro atoms. The molecule has 18 heavy (non-hydrogen) atoms. The largest absolute Gasteiger partial charge is 0.455 e. The second-order valence-corrected chi connectivity index (χ2v) is 4.85. The van der Waals surface area contributed by atoms with Crippen LogP contribution in [-0.4, -0.2) is 0 Å². The summed E-state index contributed by atoms with van der Waals surface area (Å²) in [5, 5.41) is 0.901. The maximum Gasteiger partial charge on any atom is 0.146 e. The van der Waals surface area contributed by atoms with Crippen LogP contribution in [0.4, 0.5) is 4.39 Å². The molecule has 0 aliphatic rings. The van der Waals surface area contributed by atoms with Crippen LogP contribution in [0.3, 0.4) is 0 Å². The average Bonchev–Trinajstić information content (AvgIpc) is 2.33. The quantitative estimate of drug-likeness (QED) is 0.678. The van der Waals surface area contributed by atoms with Crippen LogP contribution in [0.5, 0.6) is 11.5 Å². The lowest BCUT2D eigenvalue weighted by atomic mass is 10.2. The molecule has 0 aliphatic carbocycles. The van der Waals surface area contributed by atoms with E-state index in [2.05, 4.69) is 15.9 Å². The summed E-state index contributed by atoms with van der Waals surface area (Å²) in [4.78, 5) is 0. The second-order valence-electron chi connectivity index (χ2n) is 3.89. The van der Waals surface area contributed by atoms with Gasteiger partial charge in [0.2, 0.25) is 0 Å². The average molecular weight is 330 g/mol. The van der Waals surface area contributed by atoms with E-state index < -0.39 is 0 Å². The Labute approximate surface area is 119 Å². The highest BCUT2D eigenvalue weighted by Crippen LogP contribution is 2.33. The highest BCUT2D eigenvalue weighted by molar-refractivity contribution is 9.08. The lowest BCUT2D eigenvalue weighted by Crippen LogP contribution is -1.93. The SMILES string of the molecule is Cc1ccc(Oc2cccc(F)c2CBr)c(Cl)c1. The van der Waals surface area contributed by atoms with Gasteiger partial charge in [-0.25, -0.2) is 4.39 Å². The van der Waals surface area contributed by atoms with Crippen molar-refractivity contribution in [1.82, 2.24) is 0 Å². The number of benzene rings is 2. The predicted molar refractivity (Wildman–Crippen MR) is 75.3 cm³/mol. The lowest BCUT2D eigenvalue weighted by Gasteiger charge is -2.11. The topological polar surface area (TPSA) is 9.23 Å².